The van der Waals surface area contributed by atoms with E-state index in [9.17, 15) is 4.79 Å². The lowest BCUT2D eigenvalue weighted by Crippen LogP contribution is -1.93. The summed E-state index contributed by atoms with van der Waals surface area (Å²) in [5, 5.41) is 8.59. The van der Waals surface area contributed by atoms with Crippen molar-refractivity contribution in [2.75, 3.05) is 0 Å². The quantitative estimate of drug-likeness (QED) is 0.121. The van der Waals surface area contributed by atoms with Crippen molar-refractivity contribution in [2.45, 2.75) is 167 Å². The highest BCUT2D eigenvalue weighted by atomic mass is 16.4. The molecule has 182 valence electrons. The minimum Gasteiger partial charge on any atom is -0.481 e. The number of carboxylic acid groups (broad SMARTS) is 1. The van der Waals surface area contributed by atoms with Crippen molar-refractivity contribution in [3.05, 3.63) is 0 Å². The monoisotopic (exact) mass is 434 g/mol. The van der Waals surface area contributed by atoms with E-state index in [4.69, 9.17) is 5.11 Å². The Labute approximate surface area is 195 Å². The average Bonchev–Trinajstić information content (AvgIpc) is 2.76. The Kier molecular flexibility index (Phi) is 26.2. The third-order valence-corrected chi connectivity index (χ3v) is 6.22. The van der Waals surface area contributed by atoms with Crippen molar-refractivity contribution in [3.63, 3.8) is 0 Å². The number of aliphatic carboxylic acids is 1. The average molecular weight is 435 g/mol. The molecule has 1 N–H and O–H groups in total. The maximum Gasteiger partial charge on any atom is 0.303 e. The van der Waals surface area contributed by atoms with E-state index < -0.39 is 5.97 Å². The molecular weight excluding hydrogens is 380 g/mol. The first kappa shape index (κ1) is 30.0. The lowest BCUT2D eigenvalue weighted by molar-refractivity contribution is -0.137. The fraction of sp³-hybridized carbons (Fsp3) is 0.897. The van der Waals surface area contributed by atoms with Gasteiger partial charge in [0, 0.05) is 19.3 Å². The van der Waals surface area contributed by atoms with Crippen LogP contribution in [0.15, 0.2) is 0 Å². The molecule has 0 radical (unpaired) electrons. The minimum absolute atomic E-state index is 0.331. The van der Waals surface area contributed by atoms with Crippen LogP contribution in [0.5, 0.6) is 0 Å². The molecule has 0 saturated carbocycles. The van der Waals surface area contributed by atoms with E-state index in [1.54, 1.807) is 0 Å². The number of hydrogen-bond acceptors (Lipinski definition) is 1. The number of carbonyl (C=O) groups is 1. The maximum atomic E-state index is 10.4. The Hall–Kier alpha value is -0.970. The van der Waals surface area contributed by atoms with Gasteiger partial charge in [-0.25, -0.2) is 0 Å². The minimum atomic E-state index is -0.662. The number of hydrogen-bond donors (Lipinski definition) is 1. The molecule has 0 aromatic heterocycles. The summed E-state index contributed by atoms with van der Waals surface area (Å²) in [4.78, 5) is 10.4. The first-order valence-corrected chi connectivity index (χ1v) is 13.9. The van der Waals surface area contributed by atoms with E-state index in [-0.39, 0.29) is 0 Å². The smallest absolute Gasteiger partial charge is 0.303 e. The van der Waals surface area contributed by atoms with Crippen LogP contribution in [0, 0.1) is 11.8 Å². The predicted molar refractivity (Wildman–Crippen MR) is 137 cm³/mol. The van der Waals surface area contributed by atoms with Crippen molar-refractivity contribution in [2.24, 2.45) is 0 Å². The van der Waals surface area contributed by atoms with Crippen LogP contribution in [0.3, 0.4) is 0 Å². The lowest BCUT2D eigenvalue weighted by Gasteiger charge is -2.02. The molecule has 0 atom stereocenters. The zero-order valence-corrected chi connectivity index (χ0v) is 21.0. The summed E-state index contributed by atoms with van der Waals surface area (Å²) in [5.41, 5.74) is 0. The van der Waals surface area contributed by atoms with E-state index in [0.29, 0.717) is 6.42 Å². The summed E-state index contributed by atoms with van der Waals surface area (Å²) < 4.78 is 0. The SMILES string of the molecule is CCCCCCCCCCCCCCCCC#CCCCCCCCCCCC(=O)O. The number of rotatable bonds is 24. The Bertz CT molecular complexity index is 418. The normalized spacial score (nSPS) is 10.7. The van der Waals surface area contributed by atoms with E-state index in [2.05, 4.69) is 18.8 Å². The van der Waals surface area contributed by atoms with Crippen molar-refractivity contribution in [3.8, 4) is 11.8 Å². The topological polar surface area (TPSA) is 37.3 Å². The van der Waals surface area contributed by atoms with Crippen LogP contribution in [-0.4, -0.2) is 11.1 Å². The summed E-state index contributed by atoms with van der Waals surface area (Å²) >= 11 is 0. The fourth-order valence-electron chi connectivity index (χ4n) is 4.13. The van der Waals surface area contributed by atoms with E-state index >= 15 is 0 Å². The molecule has 2 heteroatoms. The number of carboxylic acids is 1. The molecule has 0 aromatic carbocycles. The standard InChI is InChI=1S/C29H54O2/c1-2-3-4-5-6-7-8-9-10-11-12-13-14-15-16-17-18-19-20-21-22-23-24-25-26-27-28-29(30)31/h2-16,19-28H2,1H3,(H,30,31). The van der Waals surface area contributed by atoms with Gasteiger partial charge in [-0.05, 0) is 19.3 Å². The molecule has 0 aliphatic rings. The van der Waals surface area contributed by atoms with Crippen molar-refractivity contribution in [1.29, 1.82) is 0 Å². The first-order chi connectivity index (χ1) is 15.3. The molecule has 0 aliphatic carbocycles. The van der Waals surface area contributed by atoms with Crippen molar-refractivity contribution in [1.82, 2.24) is 0 Å². The summed E-state index contributed by atoms with van der Waals surface area (Å²) in [6, 6.07) is 0. The van der Waals surface area contributed by atoms with Gasteiger partial charge in [0.2, 0.25) is 0 Å². The molecule has 0 saturated heterocycles. The molecule has 2 nitrogen and oxygen atoms in total. The molecule has 0 fully saturated rings. The summed E-state index contributed by atoms with van der Waals surface area (Å²) in [5.74, 6) is 6.06. The van der Waals surface area contributed by atoms with Gasteiger partial charge in [-0.2, -0.15) is 0 Å². The molecule has 0 aliphatic heterocycles. The van der Waals surface area contributed by atoms with Crippen LogP contribution in [-0.2, 0) is 4.79 Å². The molecule has 31 heavy (non-hydrogen) atoms. The first-order valence-electron chi connectivity index (χ1n) is 13.9. The van der Waals surface area contributed by atoms with E-state index in [0.717, 1.165) is 25.7 Å². The molecule has 0 spiro atoms. The Morgan fingerprint density at radius 2 is 0.774 bits per heavy atom. The van der Waals surface area contributed by atoms with Crippen molar-refractivity contribution < 1.29 is 9.90 Å². The second-order valence-corrected chi connectivity index (χ2v) is 9.42. The van der Waals surface area contributed by atoms with Crippen LogP contribution in [0.2, 0.25) is 0 Å². The Morgan fingerprint density at radius 3 is 1.10 bits per heavy atom. The predicted octanol–water partition coefficient (Wildman–Crippen LogP) is 9.85. The fourth-order valence-corrected chi connectivity index (χ4v) is 4.13. The van der Waals surface area contributed by atoms with Crippen LogP contribution in [0.1, 0.15) is 167 Å². The number of unbranched alkanes of at least 4 members (excludes halogenated alkanes) is 22. The van der Waals surface area contributed by atoms with Gasteiger partial charge in [-0.15, -0.1) is 11.8 Å². The Morgan fingerprint density at radius 1 is 0.484 bits per heavy atom. The summed E-state index contributed by atoms with van der Waals surface area (Å²) in [6.45, 7) is 2.29. The van der Waals surface area contributed by atoms with Gasteiger partial charge in [0.05, 0.1) is 0 Å². The lowest BCUT2D eigenvalue weighted by atomic mass is 10.0. The second kappa shape index (κ2) is 27.1. The van der Waals surface area contributed by atoms with Crippen molar-refractivity contribution >= 4 is 5.97 Å². The highest BCUT2D eigenvalue weighted by Crippen LogP contribution is 2.13. The summed E-state index contributed by atoms with van der Waals surface area (Å²) in [6.07, 6.45) is 31.8. The molecular formula is C29H54O2. The van der Waals surface area contributed by atoms with Gasteiger partial charge >= 0.3 is 5.97 Å². The third kappa shape index (κ3) is 29.0. The van der Waals surface area contributed by atoms with Gasteiger partial charge in [0.1, 0.15) is 0 Å². The van der Waals surface area contributed by atoms with E-state index in [1.807, 2.05) is 0 Å². The van der Waals surface area contributed by atoms with E-state index in [1.165, 1.54) is 128 Å². The third-order valence-electron chi connectivity index (χ3n) is 6.22. The van der Waals surface area contributed by atoms with Gasteiger partial charge in [-0.3, -0.25) is 4.79 Å². The molecule has 0 aromatic rings. The summed E-state index contributed by atoms with van der Waals surface area (Å²) in [7, 11) is 0. The largest absolute Gasteiger partial charge is 0.481 e. The molecule has 0 heterocycles. The van der Waals surface area contributed by atoms with Crippen LogP contribution < -0.4 is 0 Å². The highest BCUT2D eigenvalue weighted by molar-refractivity contribution is 5.66. The van der Waals surface area contributed by atoms with Gasteiger partial charge in [0.25, 0.3) is 0 Å². The maximum absolute atomic E-state index is 10.4. The van der Waals surface area contributed by atoms with Crippen LogP contribution in [0.25, 0.3) is 0 Å². The van der Waals surface area contributed by atoms with Gasteiger partial charge < -0.3 is 5.11 Å². The second-order valence-electron chi connectivity index (χ2n) is 9.42. The zero-order chi connectivity index (χ0) is 22.7. The van der Waals surface area contributed by atoms with Gasteiger partial charge in [0.15, 0.2) is 0 Å². The molecule has 0 bridgehead atoms. The van der Waals surface area contributed by atoms with Crippen LogP contribution >= 0.6 is 0 Å². The zero-order valence-electron chi connectivity index (χ0n) is 21.0. The molecule has 0 unspecified atom stereocenters. The van der Waals surface area contributed by atoms with Gasteiger partial charge in [-0.1, -0.05) is 129 Å². The molecule has 0 rings (SSSR count). The Balaban J connectivity index is 3.11. The highest BCUT2D eigenvalue weighted by Gasteiger charge is 1.97. The molecule has 0 amide bonds. The van der Waals surface area contributed by atoms with Crippen LogP contribution in [0.4, 0.5) is 0 Å².